The fourth-order valence-electron chi connectivity index (χ4n) is 4.44. The highest BCUT2D eigenvalue weighted by molar-refractivity contribution is 5.92. The Hall–Kier alpha value is -3.91. The van der Waals surface area contributed by atoms with Crippen molar-refractivity contribution in [2.24, 2.45) is 5.92 Å². The largest absolute Gasteiger partial charge is 0.451 e. The summed E-state index contributed by atoms with van der Waals surface area (Å²) < 4.78 is 5.72. The monoisotopic (exact) mass is 533 g/mol. The van der Waals surface area contributed by atoms with Crippen LogP contribution in [0.4, 0.5) is 0 Å². The quantitative estimate of drug-likeness (QED) is 0.108. The number of hydroxylamine groups is 2. The Balaban J connectivity index is 1.60. The molecule has 0 saturated heterocycles. The van der Waals surface area contributed by atoms with Crippen LogP contribution in [0.25, 0.3) is 11.3 Å². The van der Waals surface area contributed by atoms with Crippen molar-refractivity contribution in [2.75, 3.05) is 6.67 Å². The second kappa shape index (κ2) is 15.5. The maximum atomic E-state index is 13.3. The smallest absolute Gasteiger partial charge is 0.288 e. The van der Waals surface area contributed by atoms with Crippen molar-refractivity contribution in [3.63, 3.8) is 0 Å². The molecule has 2 aromatic carbocycles. The lowest BCUT2D eigenvalue weighted by atomic mass is 9.90. The molecule has 8 nitrogen and oxygen atoms in total. The van der Waals surface area contributed by atoms with Gasteiger partial charge in [-0.15, -0.1) is 0 Å². The number of hydrogen-bond donors (Lipinski definition) is 2. The van der Waals surface area contributed by atoms with Crippen LogP contribution in [0.3, 0.4) is 0 Å². The van der Waals surface area contributed by atoms with Crippen LogP contribution >= 0.6 is 0 Å². The Morgan fingerprint density at radius 2 is 1.72 bits per heavy atom. The van der Waals surface area contributed by atoms with Crippen molar-refractivity contribution < 1.29 is 23.6 Å². The number of rotatable bonds is 16. The molecule has 0 radical (unpaired) electrons. The molecule has 0 bridgehead atoms. The predicted octanol–water partition coefficient (Wildman–Crippen LogP) is 5.62. The molecule has 3 rings (SSSR count). The summed E-state index contributed by atoms with van der Waals surface area (Å²) in [7, 11) is 0. The van der Waals surface area contributed by atoms with Crippen LogP contribution in [-0.4, -0.2) is 36.0 Å². The molecule has 0 aliphatic rings. The Bertz CT molecular complexity index is 1180. The number of carbonyl (C=O) groups is 3. The average molecular weight is 534 g/mol. The summed E-state index contributed by atoms with van der Waals surface area (Å²) in [6.07, 6.45) is 4.61. The van der Waals surface area contributed by atoms with Gasteiger partial charge in [0.2, 0.25) is 12.3 Å². The Morgan fingerprint density at radius 1 is 0.974 bits per heavy atom. The van der Waals surface area contributed by atoms with Crippen molar-refractivity contribution in [1.82, 2.24) is 15.7 Å². The topological polar surface area (TPSA) is 101 Å². The number of unbranched alkanes of at least 4 members (excludes halogenated alkanes) is 2. The van der Waals surface area contributed by atoms with Crippen molar-refractivity contribution in [1.29, 1.82) is 0 Å². The van der Waals surface area contributed by atoms with Gasteiger partial charge in [-0.3, -0.25) is 19.2 Å². The van der Waals surface area contributed by atoms with Gasteiger partial charge in [-0.05, 0) is 37.5 Å². The van der Waals surface area contributed by atoms with Crippen LogP contribution in [0, 0.1) is 12.8 Å². The minimum Gasteiger partial charge on any atom is -0.451 e. The van der Waals surface area contributed by atoms with Gasteiger partial charge in [-0.25, -0.2) is 5.06 Å². The Morgan fingerprint density at radius 3 is 2.38 bits per heavy atom. The molecule has 0 aliphatic carbocycles. The molecule has 0 spiro atoms. The highest BCUT2D eigenvalue weighted by Gasteiger charge is 2.32. The molecule has 0 unspecified atom stereocenters. The fourth-order valence-corrected chi connectivity index (χ4v) is 4.44. The van der Waals surface area contributed by atoms with E-state index in [0.29, 0.717) is 25.0 Å². The third-order valence-corrected chi connectivity index (χ3v) is 6.67. The first kappa shape index (κ1) is 29.6. The number of hydrogen-bond acceptors (Lipinski definition) is 5. The maximum Gasteiger partial charge on any atom is 0.288 e. The summed E-state index contributed by atoms with van der Waals surface area (Å²) in [5.74, 6) is -0.407. The van der Waals surface area contributed by atoms with Crippen molar-refractivity contribution >= 4 is 18.2 Å². The van der Waals surface area contributed by atoms with E-state index in [9.17, 15) is 14.4 Å². The molecule has 1 aromatic heterocycles. The van der Waals surface area contributed by atoms with Gasteiger partial charge >= 0.3 is 0 Å². The van der Waals surface area contributed by atoms with E-state index in [1.807, 2.05) is 68.4 Å². The van der Waals surface area contributed by atoms with E-state index in [1.54, 1.807) is 12.1 Å². The summed E-state index contributed by atoms with van der Waals surface area (Å²) in [5.41, 5.74) is 2.94. The van der Waals surface area contributed by atoms with Gasteiger partial charge in [0.15, 0.2) is 5.76 Å². The third-order valence-electron chi connectivity index (χ3n) is 6.67. The number of furan rings is 1. The lowest BCUT2D eigenvalue weighted by Gasteiger charge is -2.32. The van der Waals surface area contributed by atoms with E-state index in [-0.39, 0.29) is 24.9 Å². The number of aryl methyl sites for hydroxylation is 1. The molecule has 3 aromatic rings. The minimum absolute atomic E-state index is 0.0646. The van der Waals surface area contributed by atoms with Gasteiger partial charge in [0.1, 0.15) is 12.4 Å². The molecule has 39 heavy (non-hydrogen) atoms. The molecule has 1 heterocycles. The third kappa shape index (κ3) is 8.82. The molecule has 0 saturated carbocycles. The highest BCUT2D eigenvalue weighted by atomic mass is 16.7. The molecular formula is C31H39N3O5. The van der Waals surface area contributed by atoms with E-state index in [0.717, 1.165) is 36.0 Å². The lowest BCUT2D eigenvalue weighted by molar-refractivity contribution is -0.200. The van der Waals surface area contributed by atoms with Crippen molar-refractivity contribution in [2.45, 2.75) is 65.5 Å². The van der Waals surface area contributed by atoms with E-state index >= 15 is 0 Å². The molecular weight excluding hydrogens is 494 g/mol. The highest BCUT2D eigenvalue weighted by Crippen LogP contribution is 2.24. The average Bonchev–Trinajstić information content (AvgIpc) is 3.45. The molecule has 0 aliphatic heterocycles. The maximum absolute atomic E-state index is 13.3. The zero-order valence-electron chi connectivity index (χ0n) is 23.0. The number of nitrogens with zero attached hydrogens (tertiary/aromatic N) is 1. The molecule has 2 atom stereocenters. The Kier molecular flexibility index (Phi) is 11.8. The van der Waals surface area contributed by atoms with Gasteiger partial charge in [0, 0.05) is 5.56 Å². The summed E-state index contributed by atoms with van der Waals surface area (Å²) >= 11 is 0. The summed E-state index contributed by atoms with van der Waals surface area (Å²) in [6, 6.07) is 20.3. The summed E-state index contributed by atoms with van der Waals surface area (Å²) in [6.45, 7) is 6.19. The number of benzene rings is 2. The van der Waals surface area contributed by atoms with Crippen LogP contribution in [0.2, 0.25) is 0 Å². The van der Waals surface area contributed by atoms with Crippen LogP contribution in [0.5, 0.6) is 0 Å². The van der Waals surface area contributed by atoms with Crippen LogP contribution < -0.4 is 10.6 Å². The van der Waals surface area contributed by atoms with Crippen molar-refractivity contribution in [3.05, 3.63) is 83.6 Å². The SMILES string of the molecule is CCCCC[C@@H](C(=O)NCNC(=O)c1ccc(-c2ccc(C)cc2)o1)[C@@H](CC)N(C=O)OCc1ccccc1. The fraction of sp³-hybridized carbons (Fsp3) is 0.387. The normalized spacial score (nSPS) is 12.4. The number of carbonyl (C=O) groups excluding carboxylic acids is 3. The number of amides is 3. The summed E-state index contributed by atoms with van der Waals surface area (Å²) in [5, 5.41) is 6.77. The van der Waals surface area contributed by atoms with Gasteiger partial charge < -0.3 is 15.1 Å². The first-order chi connectivity index (χ1) is 19.0. The second-order valence-electron chi connectivity index (χ2n) is 9.56. The van der Waals surface area contributed by atoms with Crippen LogP contribution in [0.15, 0.2) is 71.1 Å². The van der Waals surface area contributed by atoms with E-state index < -0.39 is 17.9 Å². The molecule has 2 N–H and O–H groups in total. The van der Waals surface area contributed by atoms with E-state index in [2.05, 4.69) is 17.6 Å². The molecule has 3 amide bonds. The van der Waals surface area contributed by atoms with E-state index in [4.69, 9.17) is 9.25 Å². The van der Waals surface area contributed by atoms with Gasteiger partial charge in [-0.2, -0.15) is 0 Å². The predicted molar refractivity (Wildman–Crippen MR) is 150 cm³/mol. The minimum atomic E-state index is -0.490. The van der Waals surface area contributed by atoms with Crippen molar-refractivity contribution in [3.8, 4) is 11.3 Å². The first-order valence-corrected chi connectivity index (χ1v) is 13.6. The van der Waals surface area contributed by atoms with Crippen LogP contribution in [0.1, 0.15) is 67.6 Å². The standard InChI is InChI=1S/C31H39N3O5/c1-4-6-8-13-26(27(5-2)34(22-35)38-20-24-11-9-7-10-12-24)30(36)32-21-33-31(37)29-19-18-28(39-29)25-16-14-23(3)15-17-25/h7,9-12,14-19,22,26-27H,4-6,8,13,20-21H2,1-3H3,(H,32,36)(H,33,37)/t26-,27-/m1/s1. The van der Waals surface area contributed by atoms with Gasteiger partial charge in [0.25, 0.3) is 5.91 Å². The summed E-state index contributed by atoms with van der Waals surface area (Å²) in [4.78, 5) is 43.7. The molecule has 208 valence electrons. The lowest BCUT2D eigenvalue weighted by Crippen LogP contribution is -2.48. The first-order valence-electron chi connectivity index (χ1n) is 13.6. The zero-order valence-corrected chi connectivity index (χ0v) is 23.0. The van der Waals surface area contributed by atoms with Gasteiger partial charge in [-0.1, -0.05) is 93.3 Å². The van der Waals surface area contributed by atoms with E-state index in [1.165, 1.54) is 5.06 Å². The van der Waals surface area contributed by atoms with Gasteiger partial charge in [0.05, 0.1) is 18.6 Å². The molecule has 0 fully saturated rings. The zero-order chi connectivity index (χ0) is 28.0. The molecule has 8 heteroatoms. The second-order valence-corrected chi connectivity index (χ2v) is 9.56. The number of nitrogens with one attached hydrogen (secondary N) is 2. The Labute approximate surface area is 230 Å². The van der Waals surface area contributed by atoms with Crippen LogP contribution in [-0.2, 0) is 21.0 Å².